The molecule has 0 saturated heterocycles. The number of halogens is 1. The standard InChI is InChI=1S/C7H7IN2O2/c1-4-6(8)2-5(10(11)12)3-7(4)9/h2-3H,9H2,1H3. The maximum absolute atomic E-state index is 10.4. The summed E-state index contributed by atoms with van der Waals surface area (Å²) in [4.78, 5) is 9.92. The van der Waals surface area contributed by atoms with E-state index in [4.69, 9.17) is 5.73 Å². The number of anilines is 1. The monoisotopic (exact) mass is 278 g/mol. The van der Waals surface area contributed by atoms with Crippen molar-refractivity contribution >= 4 is 34.0 Å². The van der Waals surface area contributed by atoms with Crippen LogP contribution in [0.25, 0.3) is 0 Å². The van der Waals surface area contributed by atoms with Gasteiger partial charge in [-0.3, -0.25) is 10.1 Å². The number of nitrogen functional groups attached to an aromatic ring is 1. The third kappa shape index (κ3) is 1.66. The molecule has 5 heteroatoms. The maximum Gasteiger partial charge on any atom is 0.272 e. The first kappa shape index (κ1) is 9.24. The predicted molar refractivity (Wildman–Crippen MR) is 55.0 cm³/mol. The summed E-state index contributed by atoms with van der Waals surface area (Å²) in [5, 5.41) is 10.4. The van der Waals surface area contributed by atoms with E-state index in [2.05, 4.69) is 0 Å². The zero-order valence-corrected chi connectivity index (χ0v) is 8.53. The van der Waals surface area contributed by atoms with Crippen LogP contribution in [-0.4, -0.2) is 4.92 Å². The van der Waals surface area contributed by atoms with Gasteiger partial charge in [-0.25, -0.2) is 0 Å². The Hall–Kier alpha value is -0.850. The van der Waals surface area contributed by atoms with E-state index in [-0.39, 0.29) is 5.69 Å². The lowest BCUT2D eigenvalue weighted by atomic mass is 10.2. The van der Waals surface area contributed by atoms with Crippen LogP contribution in [0.15, 0.2) is 12.1 Å². The summed E-state index contributed by atoms with van der Waals surface area (Å²) in [6, 6.07) is 2.88. The van der Waals surface area contributed by atoms with E-state index in [1.807, 2.05) is 29.5 Å². The van der Waals surface area contributed by atoms with Crippen LogP contribution in [-0.2, 0) is 0 Å². The molecular formula is C7H7IN2O2. The third-order valence-corrected chi connectivity index (χ3v) is 2.70. The van der Waals surface area contributed by atoms with E-state index in [1.165, 1.54) is 12.1 Å². The van der Waals surface area contributed by atoms with Gasteiger partial charge in [0.05, 0.1) is 4.92 Å². The van der Waals surface area contributed by atoms with Crippen LogP contribution in [0.3, 0.4) is 0 Å². The van der Waals surface area contributed by atoms with Crippen LogP contribution in [0, 0.1) is 20.6 Å². The normalized spacial score (nSPS) is 9.83. The van der Waals surface area contributed by atoms with E-state index in [0.717, 1.165) is 9.13 Å². The third-order valence-electron chi connectivity index (χ3n) is 1.58. The Balaban J connectivity index is 3.31. The molecule has 1 aromatic rings. The van der Waals surface area contributed by atoms with Crippen molar-refractivity contribution in [3.05, 3.63) is 31.4 Å². The lowest BCUT2D eigenvalue weighted by molar-refractivity contribution is -0.384. The molecule has 64 valence electrons. The zero-order valence-electron chi connectivity index (χ0n) is 6.37. The summed E-state index contributed by atoms with van der Waals surface area (Å²) >= 11 is 2.02. The fourth-order valence-corrected chi connectivity index (χ4v) is 1.42. The molecule has 1 rings (SSSR count). The lowest BCUT2D eigenvalue weighted by Crippen LogP contribution is -1.96. The topological polar surface area (TPSA) is 69.2 Å². The molecule has 0 radical (unpaired) electrons. The Morgan fingerprint density at radius 1 is 1.58 bits per heavy atom. The Labute approximate surface area is 83.1 Å². The number of nitro groups is 1. The second-order valence-electron chi connectivity index (χ2n) is 2.40. The SMILES string of the molecule is Cc1c(N)cc([N+](=O)[O-])cc1I. The van der Waals surface area contributed by atoms with Crippen LogP contribution in [0.5, 0.6) is 0 Å². The smallest absolute Gasteiger partial charge is 0.272 e. The number of non-ortho nitro benzene ring substituents is 1. The van der Waals surface area contributed by atoms with Gasteiger partial charge < -0.3 is 5.73 Å². The molecule has 2 N–H and O–H groups in total. The molecule has 0 aliphatic rings. The molecule has 0 aliphatic heterocycles. The van der Waals surface area contributed by atoms with Gasteiger partial charge in [0.2, 0.25) is 0 Å². The fraction of sp³-hybridized carbons (Fsp3) is 0.143. The van der Waals surface area contributed by atoms with Gasteiger partial charge in [0.15, 0.2) is 0 Å². The second-order valence-corrected chi connectivity index (χ2v) is 3.56. The Bertz CT molecular complexity index is 315. The van der Waals surface area contributed by atoms with E-state index in [1.54, 1.807) is 0 Å². The highest BCUT2D eigenvalue weighted by molar-refractivity contribution is 14.1. The minimum absolute atomic E-state index is 0.0440. The van der Waals surface area contributed by atoms with Gasteiger partial charge in [-0.1, -0.05) is 0 Å². The van der Waals surface area contributed by atoms with Crippen molar-refractivity contribution in [1.29, 1.82) is 0 Å². The van der Waals surface area contributed by atoms with Gasteiger partial charge in [-0.2, -0.15) is 0 Å². The van der Waals surface area contributed by atoms with Crippen LogP contribution < -0.4 is 5.73 Å². The molecule has 0 aromatic heterocycles. The summed E-state index contributed by atoms with van der Waals surface area (Å²) in [5.74, 6) is 0. The van der Waals surface area contributed by atoms with Crippen molar-refractivity contribution in [2.45, 2.75) is 6.92 Å². The fourth-order valence-electron chi connectivity index (χ4n) is 0.791. The van der Waals surface area contributed by atoms with E-state index in [9.17, 15) is 10.1 Å². The van der Waals surface area contributed by atoms with Crippen molar-refractivity contribution in [3.8, 4) is 0 Å². The first-order valence-electron chi connectivity index (χ1n) is 3.22. The van der Waals surface area contributed by atoms with Gasteiger partial charge in [-0.15, -0.1) is 0 Å². The molecule has 1 aromatic carbocycles. The molecule has 12 heavy (non-hydrogen) atoms. The number of nitrogens with zero attached hydrogens (tertiary/aromatic N) is 1. The summed E-state index contributed by atoms with van der Waals surface area (Å²) in [6.07, 6.45) is 0. The van der Waals surface area contributed by atoms with Crippen molar-refractivity contribution < 1.29 is 4.92 Å². The molecule has 0 atom stereocenters. The highest BCUT2D eigenvalue weighted by atomic mass is 127. The molecule has 0 spiro atoms. The number of nitrogens with two attached hydrogens (primary N) is 1. The van der Waals surface area contributed by atoms with Crippen LogP contribution in [0.1, 0.15) is 5.56 Å². The van der Waals surface area contributed by atoms with Crippen molar-refractivity contribution in [2.24, 2.45) is 0 Å². The molecule has 0 aliphatic carbocycles. The summed E-state index contributed by atoms with van der Waals surface area (Å²) < 4.78 is 0.819. The van der Waals surface area contributed by atoms with Crippen LogP contribution in [0.2, 0.25) is 0 Å². The van der Waals surface area contributed by atoms with Crippen LogP contribution in [0.4, 0.5) is 11.4 Å². The average molecular weight is 278 g/mol. The predicted octanol–water partition coefficient (Wildman–Crippen LogP) is 2.09. The number of hydrogen-bond donors (Lipinski definition) is 1. The lowest BCUT2D eigenvalue weighted by Gasteiger charge is -2.01. The Kier molecular flexibility index (Phi) is 2.51. The molecule has 0 fully saturated rings. The van der Waals surface area contributed by atoms with Gasteiger partial charge in [0, 0.05) is 21.4 Å². The van der Waals surface area contributed by atoms with E-state index >= 15 is 0 Å². The number of rotatable bonds is 1. The first-order chi connectivity index (χ1) is 5.52. The molecule has 0 unspecified atom stereocenters. The Morgan fingerprint density at radius 2 is 2.17 bits per heavy atom. The molecular weight excluding hydrogens is 271 g/mol. The van der Waals surface area contributed by atoms with Crippen molar-refractivity contribution in [3.63, 3.8) is 0 Å². The maximum atomic E-state index is 10.4. The molecule has 0 saturated carbocycles. The van der Waals surface area contributed by atoms with Crippen molar-refractivity contribution in [1.82, 2.24) is 0 Å². The number of hydrogen-bond acceptors (Lipinski definition) is 3. The quantitative estimate of drug-likeness (QED) is 0.370. The molecule has 0 bridgehead atoms. The van der Waals surface area contributed by atoms with Gasteiger partial charge in [-0.05, 0) is 35.1 Å². The molecule has 0 amide bonds. The highest BCUT2D eigenvalue weighted by Crippen LogP contribution is 2.24. The second kappa shape index (κ2) is 3.26. The number of nitro benzene ring substituents is 1. The minimum atomic E-state index is -0.446. The minimum Gasteiger partial charge on any atom is -0.398 e. The largest absolute Gasteiger partial charge is 0.398 e. The van der Waals surface area contributed by atoms with E-state index < -0.39 is 4.92 Å². The van der Waals surface area contributed by atoms with E-state index in [0.29, 0.717) is 5.69 Å². The summed E-state index contributed by atoms with van der Waals surface area (Å²) in [7, 11) is 0. The Morgan fingerprint density at radius 3 is 2.58 bits per heavy atom. The first-order valence-corrected chi connectivity index (χ1v) is 4.30. The molecule has 0 heterocycles. The van der Waals surface area contributed by atoms with Crippen molar-refractivity contribution in [2.75, 3.05) is 5.73 Å². The average Bonchev–Trinajstić information content (AvgIpc) is 1.99. The summed E-state index contributed by atoms with van der Waals surface area (Å²) in [6.45, 7) is 1.83. The summed E-state index contributed by atoms with van der Waals surface area (Å²) in [5.41, 5.74) is 6.95. The van der Waals surface area contributed by atoms with Gasteiger partial charge >= 0.3 is 0 Å². The van der Waals surface area contributed by atoms with Gasteiger partial charge in [0.1, 0.15) is 0 Å². The highest BCUT2D eigenvalue weighted by Gasteiger charge is 2.09. The zero-order chi connectivity index (χ0) is 9.30. The van der Waals surface area contributed by atoms with Crippen LogP contribution >= 0.6 is 22.6 Å². The number of benzene rings is 1. The van der Waals surface area contributed by atoms with Gasteiger partial charge in [0.25, 0.3) is 5.69 Å². The molecule has 4 nitrogen and oxygen atoms in total.